The normalized spacial score (nSPS) is 12.1. The smallest absolute Gasteiger partial charge is 0.270 e. The number of ether oxygens (including phenoxy) is 2. The lowest BCUT2D eigenvalue weighted by Crippen LogP contribution is -2.02. The maximum Gasteiger partial charge on any atom is 0.270 e. The van der Waals surface area contributed by atoms with E-state index in [2.05, 4.69) is 4.98 Å². The van der Waals surface area contributed by atoms with Crippen LogP contribution in [-0.2, 0) is 0 Å². The average Bonchev–Trinajstić information content (AvgIpc) is 3.35. The molecule has 7 nitrogen and oxygen atoms in total. The summed E-state index contributed by atoms with van der Waals surface area (Å²) >= 11 is 2.74. The van der Waals surface area contributed by atoms with Crippen LogP contribution in [0.15, 0.2) is 52.2 Å². The highest BCUT2D eigenvalue weighted by molar-refractivity contribution is 8.01. The fraction of sp³-hybridized carbons (Fsp3) is 0.111. The van der Waals surface area contributed by atoms with Crippen LogP contribution in [0.5, 0.6) is 11.5 Å². The van der Waals surface area contributed by atoms with Crippen molar-refractivity contribution in [3.05, 3.63) is 63.5 Å². The predicted molar refractivity (Wildman–Crippen MR) is 102 cm³/mol. The van der Waals surface area contributed by atoms with E-state index in [1.165, 1.54) is 35.2 Å². The van der Waals surface area contributed by atoms with Gasteiger partial charge in [0.05, 0.1) is 16.4 Å². The van der Waals surface area contributed by atoms with Crippen LogP contribution >= 0.6 is 23.1 Å². The van der Waals surface area contributed by atoms with Gasteiger partial charge in [0.1, 0.15) is 0 Å². The molecule has 1 aromatic heterocycles. The number of carbonyl (C=O) groups excluding carboxylic acids is 1. The van der Waals surface area contributed by atoms with Gasteiger partial charge in [-0.2, -0.15) is 0 Å². The topological polar surface area (TPSA) is 91.6 Å². The van der Waals surface area contributed by atoms with Gasteiger partial charge in [0.25, 0.3) is 5.69 Å². The van der Waals surface area contributed by atoms with Crippen molar-refractivity contribution in [2.45, 2.75) is 4.34 Å². The first-order chi connectivity index (χ1) is 13.1. The van der Waals surface area contributed by atoms with Gasteiger partial charge in [-0.25, -0.2) is 4.98 Å². The summed E-state index contributed by atoms with van der Waals surface area (Å²) in [7, 11) is 0. The predicted octanol–water partition coefficient (Wildman–Crippen LogP) is 4.42. The van der Waals surface area contributed by atoms with Gasteiger partial charge in [0, 0.05) is 28.6 Å². The minimum atomic E-state index is -0.435. The third-order valence-corrected chi connectivity index (χ3v) is 5.88. The maximum absolute atomic E-state index is 12.4. The number of non-ortho nitro benzene ring substituents is 1. The molecule has 0 spiro atoms. The van der Waals surface area contributed by atoms with E-state index in [1.54, 1.807) is 30.3 Å². The molecule has 27 heavy (non-hydrogen) atoms. The Morgan fingerprint density at radius 1 is 1.22 bits per heavy atom. The van der Waals surface area contributed by atoms with Crippen molar-refractivity contribution >= 4 is 34.6 Å². The molecule has 2 heterocycles. The van der Waals surface area contributed by atoms with Crippen LogP contribution < -0.4 is 9.47 Å². The Bertz CT molecular complexity index is 1030. The maximum atomic E-state index is 12.4. The zero-order valence-corrected chi connectivity index (χ0v) is 15.4. The minimum absolute atomic E-state index is 0.0210. The van der Waals surface area contributed by atoms with E-state index in [4.69, 9.17) is 9.47 Å². The second-order valence-electron chi connectivity index (χ2n) is 5.59. The summed E-state index contributed by atoms with van der Waals surface area (Å²) in [5, 5.41) is 12.7. The number of thioether (sulfide) groups is 1. The van der Waals surface area contributed by atoms with Crippen molar-refractivity contribution in [3.63, 3.8) is 0 Å². The zero-order chi connectivity index (χ0) is 18.8. The quantitative estimate of drug-likeness (QED) is 0.262. The summed E-state index contributed by atoms with van der Waals surface area (Å²) in [5.41, 5.74) is 1.91. The molecule has 4 rings (SSSR count). The minimum Gasteiger partial charge on any atom is -0.454 e. The molecule has 0 radical (unpaired) electrons. The summed E-state index contributed by atoms with van der Waals surface area (Å²) in [6.45, 7) is 0.168. The number of nitro groups is 1. The molecule has 0 saturated heterocycles. The molecular weight excluding hydrogens is 388 g/mol. The molecule has 0 N–H and O–H groups in total. The van der Waals surface area contributed by atoms with Crippen LogP contribution in [0.4, 0.5) is 5.69 Å². The highest BCUT2D eigenvalue weighted by Gasteiger charge is 2.17. The van der Waals surface area contributed by atoms with E-state index >= 15 is 0 Å². The van der Waals surface area contributed by atoms with Crippen molar-refractivity contribution in [1.29, 1.82) is 0 Å². The van der Waals surface area contributed by atoms with E-state index < -0.39 is 4.92 Å². The number of fused-ring (bicyclic) bond motifs is 1. The van der Waals surface area contributed by atoms with Crippen LogP contribution in [0.25, 0.3) is 11.3 Å². The number of hydrogen-bond acceptors (Lipinski definition) is 8. The largest absolute Gasteiger partial charge is 0.454 e. The summed E-state index contributed by atoms with van der Waals surface area (Å²) in [6, 6.07) is 11.5. The lowest BCUT2D eigenvalue weighted by atomic mass is 10.1. The van der Waals surface area contributed by atoms with Crippen LogP contribution in [0.2, 0.25) is 0 Å². The zero-order valence-electron chi connectivity index (χ0n) is 13.8. The van der Waals surface area contributed by atoms with E-state index in [-0.39, 0.29) is 24.0 Å². The van der Waals surface area contributed by atoms with Crippen molar-refractivity contribution in [2.24, 2.45) is 0 Å². The molecule has 0 saturated carbocycles. The lowest BCUT2D eigenvalue weighted by molar-refractivity contribution is -0.384. The third kappa shape index (κ3) is 3.79. The number of hydrogen-bond donors (Lipinski definition) is 0. The van der Waals surface area contributed by atoms with Crippen LogP contribution in [0.3, 0.4) is 0 Å². The van der Waals surface area contributed by atoms with Crippen LogP contribution in [0.1, 0.15) is 10.4 Å². The van der Waals surface area contributed by atoms with Gasteiger partial charge >= 0.3 is 0 Å². The Morgan fingerprint density at radius 3 is 2.93 bits per heavy atom. The lowest BCUT2D eigenvalue weighted by Gasteiger charge is -2.01. The summed E-state index contributed by atoms with van der Waals surface area (Å²) in [5.74, 6) is 1.42. The first-order valence-electron chi connectivity index (χ1n) is 7.86. The fourth-order valence-corrected chi connectivity index (χ4v) is 4.25. The Labute approximate surface area is 162 Å². The fourth-order valence-electron chi connectivity index (χ4n) is 2.52. The number of nitro benzene ring substituents is 1. The molecule has 1 aliphatic rings. The monoisotopic (exact) mass is 400 g/mol. The highest BCUT2D eigenvalue weighted by atomic mass is 32.2. The standard InChI is InChI=1S/C18H12N2O5S2/c21-15(12-4-5-16-17(7-12)25-10-24-16)9-27-18-19-14(8-26-18)11-2-1-3-13(6-11)20(22)23/h1-8H,9-10H2. The molecule has 0 aliphatic carbocycles. The molecule has 0 unspecified atom stereocenters. The number of carbonyl (C=O) groups is 1. The molecule has 2 aromatic carbocycles. The molecule has 0 atom stereocenters. The van der Waals surface area contributed by atoms with E-state index in [1.807, 2.05) is 5.38 Å². The molecule has 3 aromatic rings. The van der Waals surface area contributed by atoms with Crippen molar-refractivity contribution in [1.82, 2.24) is 4.98 Å². The number of benzene rings is 2. The van der Waals surface area contributed by atoms with Crippen molar-refractivity contribution in [2.75, 3.05) is 12.5 Å². The van der Waals surface area contributed by atoms with Crippen molar-refractivity contribution < 1.29 is 19.2 Å². The molecule has 0 fully saturated rings. The van der Waals surface area contributed by atoms with E-state index in [0.717, 1.165) is 4.34 Å². The summed E-state index contributed by atoms with van der Waals surface area (Å²) in [6.07, 6.45) is 0. The Kier molecular flexibility index (Phi) is 4.78. The number of ketones is 1. The number of Topliss-reactive ketones (excluding diaryl/α,β-unsaturated/α-hetero) is 1. The SMILES string of the molecule is O=C(CSc1nc(-c2cccc([N+](=O)[O-])c2)cs1)c1ccc2c(c1)OCO2. The van der Waals surface area contributed by atoms with Gasteiger partial charge in [-0.1, -0.05) is 23.9 Å². The van der Waals surface area contributed by atoms with Gasteiger partial charge < -0.3 is 9.47 Å². The van der Waals surface area contributed by atoms with Crippen LogP contribution in [0, 0.1) is 10.1 Å². The summed E-state index contributed by atoms with van der Waals surface area (Å²) in [4.78, 5) is 27.3. The van der Waals surface area contributed by atoms with Gasteiger partial charge in [0.2, 0.25) is 6.79 Å². The first kappa shape index (κ1) is 17.5. The first-order valence-corrected chi connectivity index (χ1v) is 9.73. The Hall–Kier alpha value is -2.91. The number of nitrogens with zero attached hydrogens (tertiary/aromatic N) is 2. The number of aromatic nitrogens is 1. The number of rotatable bonds is 6. The molecule has 1 aliphatic heterocycles. The van der Waals surface area contributed by atoms with Gasteiger partial charge in [-0.3, -0.25) is 14.9 Å². The summed E-state index contributed by atoms with van der Waals surface area (Å²) < 4.78 is 11.3. The van der Waals surface area contributed by atoms with Gasteiger partial charge in [-0.15, -0.1) is 11.3 Å². The molecule has 0 amide bonds. The Balaban J connectivity index is 1.43. The van der Waals surface area contributed by atoms with Gasteiger partial charge in [0.15, 0.2) is 21.6 Å². The number of thiazole rings is 1. The van der Waals surface area contributed by atoms with Crippen LogP contribution in [-0.4, -0.2) is 28.2 Å². The molecule has 136 valence electrons. The van der Waals surface area contributed by atoms with Crippen molar-refractivity contribution in [3.8, 4) is 22.8 Å². The second-order valence-corrected chi connectivity index (χ2v) is 7.67. The Morgan fingerprint density at radius 2 is 2.07 bits per heavy atom. The molecule has 9 heteroatoms. The third-order valence-electron chi connectivity index (χ3n) is 3.86. The molecular formula is C18H12N2O5S2. The highest BCUT2D eigenvalue weighted by Crippen LogP contribution is 2.34. The van der Waals surface area contributed by atoms with E-state index in [0.29, 0.717) is 28.3 Å². The molecule has 0 bridgehead atoms. The average molecular weight is 400 g/mol. The second kappa shape index (κ2) is 7.37. The van der Waals surface area contributed by atoms with E-state index in [9.17, 15) is 14.9 Å². The van der Waals surface area contributed by atoms with Gasteiger partial charge in [-0.05, 0) is 18.2 Å².